The Balaban J connectivity index is 1.11. The van der Waals surface area contributed by atoms with E-state index in [4.69, 9.17) is 4.99 Å². The van der Waals surface area contributed by atoms with Gasteiger partial charge >= 0.3 is 0 Å². The number of pyridine rings is 1. The number of benzene rings is 1. The van der Waals surface area contributed by atoms with E-state index in [0.717, 1.165) is 55.4 Å². The number of hydrogen-bond donors (Lipinski definition) is 1. The fourth-order valence-electron chi connectivity index (χ4n) is 6.72. The summed E-state index contributed by atoms with van der Waals surface area (Å²) in [5.74, 6) is 1.31. The van der Waals surface area contributed by atoms with Gasteiger partial charge in [0.15, 0.2) is 0 Å². The summed E-state index contributed by atoms with van der Waals surface area (Å²) in [5.41, 5.74) is 4.56. The largest absolute Gasteiger partial charge is 0.310 e. The van der Waals surface area contributed by atoms with Crippen LogP contribution in [0.3, 0.4) is 0 Å². The summed E-state index contributed by atoms with van der Waals surface area (Å²) in [6.07, 6.45) is 15.1. The van der Waals surface area contributed by atoms with Crippen molar-refractivity contribution in [2.24, 2.45) is 10.9 Å². The van der Waals surface area contributed by atoms with Crippen LogP contribution in [0.5, 0.6) is 0 Å². The van der Waals surface area contributed by atoms with E-state index in [0.29, 0.717) is 31.1 Å². The highest BCUT2D eigenvalue weighted by Crippen LogP contribution is 2.47. The zero-order valence-corrected chi connectivity index (χ0v) is 19.9. The van der Waals surface area contributed by atoms with Gasteiger partial charge in [-0.25, -0.2) is 4.98 Å². The van der Waals surface area contributed by atoms with E-state index in [-0.39, 0.29) is 17.5 Å². The van der Waals surface area contributed by atoms with Gasteiger partial charge in [-0.3, -0.25) is 14.6 Å². The molecule has 178 valence electrons. The van der Waals surface area contributed by atoms with Gasteiger partial charge in [-0.05, 0) is 74.1 Å². The molecule has 2 aromatic rings. The van der Waals surface area contributed by atoms with E-state index in [1.54, 1.807) is 6.20 Å². The summed E-state index contributed by atoms with van der Waals surface area (Å²) < 4.78 is 0. The van der Waals surface area contributed by atoms with E-state index in [1.807, 2.05) is 17.0 Å². The van der Waals surface area contributed by atoms with Gasteiger partial charge < -0.3 is 10.2 Å². The maximum atomic E-state index is 13.2. The van der Waals surface area contributed by atoms with Crippen LogP contribution in [0, 0.1) is 5.92 Å². The zero-order valence-electron chi connectivity index (χ0n) is 19.9. The molecule has 1 aromatic carbocycles. The lowest BCUT2D eigenvalue weighted by atomic mass is 9.79. The number of carbonyl (C=O) groups is 2. The van der Waals surface area contributed by atoms with E-state index in [9.17, 15) is 9.59 Å². The molecule has 6 nitrogen and oxygen atoms in total. The minimum Gasteiger partial charge on any atom is -0.310 e. The fourth-order valence-corrected chi connectivity index (χ4v) is 6.72. The Hall–Kier alpha value is -3.28. The third kappa shape index (κ3) is 3.22. The molecule has 1 aromatic heterocycles. The highest BCUT2D eigenvalue weighted by molar-refractivity contribution is 6.41. The van der Waals surface area contributed by atoms with E-state index >= 15 is 0 Å². The van der Waals surface area contributed by atoms with Crippen LogP contribution in [-0.4, -0.2) is 39.6 Å². The number of aromatic nitrogens is 1. The van der Waals surface area contributed by atoms with Crippen molar-refractivity contribution in [1.82, 2.24) is 9.88 Å². The molecule has 2 saturated carbocycles. The molecule has 1 N–H and O–H groups in total. The monoisotopic (exact) mass is 466 g/mol. The van der Waals surface area contributed by atoms with Crippen LogP contribution >= 0.6 is 0 Å². The topological polar surface area (TPSA) is 74.7 Å². The molecule has 5 aliphatic rings. The Morgan fingerprint density at radius 1 is 1.06 bits per heavy atom. The lowest BCUT2D eigenvalue weighted by Gasteiger charge is -2.38. The summed E-state index contributed by atoms with van der Waals surface area (Å²) >= 11 is 0. The van der Waals surface area contributed by atoms with Crippen LogP contribution in [0.25, 0.3) is 6.08 Å². The Bertz CT molecular complexity index is 1300. The molecule has 0 radical (unpaired) electrons. The number of nitrogens with zero attached hydrogens (tertiary/aromatic N) is 3. The second kappa shape index (κ2) is 7.61. The molecule has 2 fully saturated rings. The molecule has 2 aliphatic heterocycles. The molecule has 35 heavy (non-hydrogen) atoms. The van der Waals surface area contributed by atoms with E-state index in [2.05, 4.69) is 40.7 Å². The molecular weight excluding hydrogens is 436 g/mol. The zero-order chi connectivity index (χ0) is 23.6. The van der Waals surface area contributed by atoms with Gasteiger partial charge in [-0.15, -0.1) is 0 Å². The first kappa shape index (κ1) is 21.0. The second-order valence-electron chi connectivity index (χ2n) is 11.0. The number of rotatable bonds is 4. The molecule has 3 heterocycles. The van der Waals surface area contributed by atoms with Gasteiger partial charge in [0.25, 0.3) is 5.91 Å². The third-order valence-electron chi connectivity index (χ3n) is 8.72. The van der Waals surface area contributed by atoms with Crippen molar-refractivity contribution < 1.29 is 9.59 Å². The molecule has 7 rings (SSSR count). The standard InChI is InChI=1S/C29H30N4O2/c34-26-24(20-10-11-20)32-29(12-2-1-3-13-29)33(26)15-5-6-19-8-9-21-17-28(18-22(21)16-19)23-7-4-14-30-25(23)31-27(28)35/h4-9,14,16,20H,1-3,10-13,15,17-18H2,(H,30,31,35)/b6-5+/t28-/m1/s1. The predicted octanol–water partition coefficient (Wildman–Crippen LogP) is 4.44. The van der Waals surface area contributed by atoms with Gasteiger partial charge in [-0.1, -0.05) is 42.8 Å². The SMILES string of the molecule is O=C1C(C2CC2)=NC2(CCCCC2)N1C/C=C/c1ccc2c(c1)C[C@@]1(C2)C(=O)Nc2ncccc21. The Labute approximate surface area is 205 Å². The smallest absolute Gasteiger partial charge is 0.270 e. The van der Waals surface area contributed by atoms with Gasteiger partial charge in [-0.2, -0.15) is 0 Å². The molecule has 0 saturated heterocycles. The summed E-state index contributed by atoms with van der Waals surface area (Å²) in [5, 5.41) is 2.98. The average molecular weight is 467 g/mol. The van der Waals surface area contributed by atoms with E-state index < -0.39 is 5.41 Å². The first-order chi connectivity index (χ1) is 17.1. The van der Waals surface area contributed by atoms with Crippen LogP contribution < -0.4 is 5.32 Å². The number of hydrogen-bond acceptors (Lipinski definition) is 4. The van der Waals surface area contributed by atoms with Crippen molar-refractivity contribution in [3.63, 3.8) is 0 Å². The molecule has 6 heteroatoms. The number of amides is 2. The number of nitrogens with one attached hydrogen (secondary N) is 1. The normalized spacial score (nSPS) is 26.5. The minimum atomic E-state index is -0.542. The highest BCUT2D eigenvalue weighted by atomic mass is 16.2. The van der Waals surface area contributed by atoms with Gasteiger partial charge in [0.05, 0.1) is 5.41 Å². The predicted molar refractivity (Wildman–Crippen MR) is 135 cm³/mol. The highest BCUT2D eigenvalue weighted by Gasteiger charge is 2.51. The van der Waals surface area contributed by atoms with Crippen molar-refractivity contribution in [3.05, 3.63) is 64.9 Å². The number of anilines is 1. The van der Waals surface area contributed by atoms with E-state index in [1.165, 1.54) is 17.5 Å². The van der Waals surface area contributed by atoms with Crippen molar-refractivity contribution in [1.29, 1.82) is 0 Å². The second-order valence-corrected chi connectivity index (χ2v) is 11.0. The van der Waals surface area contributed by atoms with Crippen LogP contribution in [0.1, 0.15) is 67.2 Å². The molecule has 0 bridgehead atoms. The molecule has 1 atom stereocenters. The average Bonchev–Trinajstić information content (AvgIpc) is 3.52. The Morgan fingerprint density at radius 3 is 2.71 bits per heavy atom. The maximum absolute atomic E-state index is 13.2. The van der Waals surface area contributed by atoms with Crippen molar-refractivity contribution in [2.75, 3.05) is 11.9 Å². The fraction of sp³-hybridized carbons (Fsp3) is 0.448. The minimum absolute atomic E-state index is 0.0521. The summed E-state index contributed by atoms with van der Waals surface area (Å²) in [6, 6.07) is 10.4. The van der Waals surface area contributed by atoms with Crippen LogP contribution in [0.15, 0.2) is 47.6 Å². The molecule has 0 unspecified atom stereocenters. The quantitative estimate of drug-likeness (QED) is 0.724. The maximum Gasteiger partial charge on any atom is 0.270 e. The Kier molecular flexibility index (Phi) is 4.57. The number of carbonyl (C=O) groups excluding carboxylic acids is 2. The summed E-state index contributed by atoms with van der Waals surface area (Å²) in [7, 11) is 0. The third-order valence-corrected chi connectivity index (χ3v) is 8.72. The lowest BCUT2D eigenvalue weighted by Crippen LogP contribution is -2.48. The van der Waals surface area contributed by atoms with Crippen molar-refractivity contribution in [2.45, 2.75) is 68.9 Å². The first-order valence-corrected chi connectivity index (χ1v) is 13.1. The molecule has 2 spiro atoms. The van der Waals surface area contributed by atoms with Crippen LogP contribution in [0.4, 0.5) is 5.82 Å². The number of aliphatic imine (C=N–C) groups is 1. The molecule has 2 amide bonds. The summed E-state index contributed by atoms with van der Waals surface area (Å²) in [6.45, 7) is 0.598. The van der Waals surface area contributed by atoms with Gasteiger partial charge in [0, 0.05) is 24.2 Å². The number of fused-ring (bicyclic) bond motifs is 3. The van der Waals surface area contributed by atoms with Crippen LogP contribution in [-0.2, 0) is 27.8 Å². The molecular formula is C29H30N4O2. The van der Waals surface area contributed by atoms with Crippen molar-refractivity contribution >= 4 is 29.4 Å². The first-order valence-electron chi connectivity index (χ1n) is 13.1. The summed E-state index contributed by atoms with van der Waals surface area (Å²) in [4.78, 5) is 37.7. The lowest BCUT2D eigenvalue weighted by molar-refractivity contribution is -0.128. The molecule has 3 aliphatic carbocycles. The van der Waals surface area contributed by atoms with Crippen LogP contribution in [0.2, 0.25) is 0 Å². The Morgan fingerprint density at radius 2 is 1.89 bits per heavy atom. The van der Waals surface area contributed by atoms with Gasteiger partial charge in [0.2, 0.25) is 5.91 Å². The van der Waals surface area contributed by atoms with Gasteiger partial charge in [0.1, 0.15) is 17.2 Å². The van der Waals surface area contributed by atoms with Crippen molar-refractivity contribution in [3.8, 4) is 0 Å².